The second-order valence-corrected chi connectivity index (χ2v) is 8.28. The van der Waals surface area contributed by atoms with Gasteiger partial charge in [0.25, 0.3) is 0 Å². The minimum absolute atomic E-state index is 0.274. The van der Waals surface area contributed by atoms with Crippen LogP contribution >= 0.6 is 15.9 Å². The van der Waals surface area contributed by atoms with Gasteiger partial charge in [0, 0.05) is 23.6 Å². The lowest BCUT2D eigenvalue weighted by atomic mass is 10.0. The van der Waals surface area contributed by atoms with Crippen LogP contribution < -0.4 is 4.74 Å². The molecule has 1 aliphatic heterocycles. The third-order valence-corrected chi connectivity index (χ3v) is 5.59. The minimum Gasteiger partial charge on any atom is -0.493 e. The number of hydrogen-bond donors (Lipinski definition) is 1. The number of hydrogen-bond acceptors (Lipinski definition) is 4. The van der Waals surface area contributed by atoms with Crippen molar-refractivity contribution in [3.63, 3.8) is 0 Å². The van der Waals surface area contributed by atoms with E-state index in [0.717, 1.165) is 34.0 Å². The van der Waals surface area contributed by atoms with Crippen LogP contribution in [0.2, 0.25) is 0 Å². The lowest BCUT2D eigenvalue weighted by Crippen LogP contribution is -2.32. The van der Waals surface area contributed by atoms with Gasteiger partial charge in [0.2, 0.25) is 0 Å². The molecule has 0 aromatic heterocycles. The van der Waals surface area contributed by atoms with Gasteiger partial charge in [0.1, 0.15) is 5.75 Å². The van der Waals surface area contributed by atoms with Gasteiger partial charge in [-0.1, -0.05) is 15.9 Å². The SMILES string of the molecule is CC(C(O)Cc1cc(Br)cc2c1OCC2)S(C)(=O)=O. The quantitative estimate of drug-likeness (QED) is 0.899. The van der Waals surface area contributed by atoms with Crippen molar-refractivity contribution >= 4 is 25.8 Å². The Hall–Kier alpha value is -0.590. The van der Waals surface area contributed by atoms with E-state index in [0.29, 0.717) is 6.61 Å². The maximum atomic E-state index is 11.5. The molecule has 1 N–H and O–H groups in total. The molecule has 2 atom stereocenters. The van der Waals surface area contributed by atoms with Crippen molar-refractivity contribution in [2.75, 3.05) is 12.9 Å². The number of halogens is 1. The van der Waals surface area contributed by atoms with Gasteiger partial charge in [0.05, 0.1) is 18.0 Å². The van der Waals surface area contributed by atoms with E-state index >= 15 is 0 Å². The molecule has 0 bridgehead atoms. The first-order chi connectivity index (χ1) is 8.79. The van der Waals surface area contributed by atoms with Crippen molar-refractivity contribution in [3.05, 3.63) is 27.7 Å². The summed E-state index contributed by atoms with van der Waals surface area (Å²) < 4.78 is 29.4. The summed E-state index contributed by atoms with van der Waals surface area (Å²) in [6.07, 6.45) is 1.33. The molecule has 0 radical (unpaired) electrons. The summed E-state index contributed by atoms with van der Waals surface area (Å²) in [6.45, 7) is 2.16. The van der Waals surface area contributed by atoms with E-state index < -0.39 is 21.2 Å². The van der Waals surface area contributed by atoms with E-state index in [4.69, 9.17) is 4.74 Å². The number of fused-ring (bicyclic) bond motifs is 1. The smallest absolute Gasteiger partial charge is 0.152 e. The Bertz CT molecular complexity index is 583. The number of rotatable bonds is 4. The van der Waals surface area contributed by atoms with Crippen LogP contribution in [0.1, 0.15) is 18.1 Å². The molecule has 4 nitrogen and oxygen atoms in total. The molecule has 0 amide bonds. The molecule has 19 heavy (non-hydrogen) atoms. The maximum Gasteiger partial charge on any atom is 0.152 e. The first kappa shape index (κ1) is 14.8. The van der Waals surface area contributed by atoms with E-state index in [1.165, 1.54) is 6.92 Å². The van der Waals surface area contributed by atoms with Crippen LogP contribution in [0.3, 0.4) is 0 Å². The summed E-state index contributed by atoms with van der Waals surface area (Å²) in [4.78, 5) is 0. The average molecular weight is 349 g/mol. The van der Waals surface area contributed by atoms with Crippen molar-refractivity contribution in [2.24, 2.45) is 0 Å². The summed E-state index contributed by atoms with van der Waals surface area (Å²) in [6, 6.07) is 3.88. The molecule has 0 saturated heterocycles. The Balaban J connectivity index is 2.25. The summed E-state index contributed by atoms with van der Waals surface area (Å²) in [5.74, 6) is 0.794. The summed E-state index contributed by atoms with van der Waals surface area (Å²) in [7, 11) is -3.25. The highest BCUT2D eigenvalue weighted by atomic mass is 79.9. The standard InChI is InChI=1S/C13H17BrO4S/c1-8(19(2,16)17)12(15)7-10-6-11(14)5-9-3-4-18-13(9)10/h5-6,8,12,15H,3-4,7H2,1-2H3. The van der Waals surface area contributed by atoms with Crippen molar-refractivity contribution in [1.29, 1.82) is 0 Å². The Morgan fingerprint density at radius 3 is 2.79 bits per heavy atom. The van der Waals surface area contributed by atoms with Gasteiger partial charge in [-0.25, -0.2) is 8.42 Å². The molecule has 0 fully saturated rings. The summed E-state index contributed by atoms with van der Waals surface area (Å²) in [5, 5.41) is 9.29. The lowest BCUT2D eigenvalue weighted by molar-refractivity contribution is 0.172. The van der Waals surface area contributed by atoms with Crippen LogP contribution in [0, 0.1) is 0 Å². The number of aliphatic hydroxyl groups is 1. The zero-order valence-corrected chi connectivity index (χ0v) is 13.3. The Morgan fingerprint density at radius 1 is 1.47 bits per heavy atom. The number of sulfone groups is 1. The van der Waals surface area contributed by atoms with Crippen LogP contribution in [0.5, 0.6) is 5.75 Å². The molecule has 1 aliphatic rings. The average Bonchev–Trinajstić information content (AvgIpc) is 2.74. The zero-order valence-electron chi connectivity index (χ0n) is 10.9. The van der Waals surface area contributed by atoms with Crippen molar-refractivity contribution in [2.45, 2.75) is 31.1 Å². The Labute approximate surface area is 121 Å². The van der Waals surface area contributed by atoms with E-state index in [9.17, 15) is 13.5 Å². The van der Waals surface area contributed by atoms with Crippen LogP contribution in [0.15, 0.2) is 16.6 Å². The summed E-state index contributed by atoms with van der Waals surface area (Å²) in [5.41, 5.74) is 1.95. The fraction of sp³-hybridized carbons (Fsp3) is 0.538. The molecule has 1 aromatic carbocycles. The number of benzene rings is 1. The molecule has 0 aliphatic carbocycles. The molecule has 0 spiro atoms. The predicted molar refractivity (Wildman–Crippen MR) is 77.4 cm³/mol. The van der Waals surface area contributed by atoms with Gasteiger partial charge >= 0.3 is 0 Å². The Kier molecular flexibility index (Phi) is 4.23. The lowest BCUT2D eigenvalue weighted by Gasteiger charge is -2.18. The van der Waals surface area contributed by atoms with E-state index in [1.54, 1.807) is 0 Å². The number of aliphatic hydroxyl groups excluding tert-OH is 1. The van der Waals surface area contributed by atoms with Gasteiger partial charge < -0.3 is 9.84 Å². The van der Waals surface area contributed by atoms with Gasteiger partial charge in [0.15, 0.2) is 9.84 Å². The molecule has 106 valence electrons. The van der Waals surface area contributed by atoms with Crippen molar-refractivity contribution in [1.82, 2.24) is 0 Å². The number of ether oxygens (including phenoxy) is 1. The van der Waals surface area contributed by atoms with Crippen LogP contribution in [-0.2, 0) is 22.7 Å². The second-order valence-electron chi connectivity index (χ2n) is 4.96. The van der Waals surface area contributed by atoms with Crippen LogP contribution in [-0.4, -0.2) is 37.7 Å². The highest BCUT2D eigenvalue weighted by molar-refractivity contribution is 9.10. The topological polar surface area (TPSA) is 63.6 Å². The van der Waals surface area contributed by atoms with Gasteiger partial charge in [-0.05, 0) is 30.2 Å². The van der Waals surface area contributed by atoms with E-state index in [2.05, 4.69) is 15.9 Å². The molecule has 2 unspecified atom stereocenters. The first-order valence-electron chi connectivity index (χ1n) is 6.10. The van der Waals surface area contributed by atoms with Gasteiger partial charge in [-0.15, -0.1) is 0 Å². The van der Waals surface area contributed by atoms with E-state index in [-0.39, 0.29) is 6.42 Å². The fourth-order valence-corrected chi connectivity index (χ4v) is 3.39. The van der Waals surface area contributed by atoms with Gasteiger partial charge in [-0.3, -0.25) is 0 Å². The molecular weight excluding hydrogens is 332 g/mol. The highest BCUT2D eigenvalue weighted by Crippen LogP contribution is 2.34. The van der Waals surface area contributed by atoms with Crippen LogP contribution in [0.4, 0.5) is 0 Å². The normalized spacial score (nSPS) is 17.7. The second kappa shape index (κ2) is 5.42. The molecule has 1 heterocycles. The Morgan fingerprint density at radius 2 is 2.16 bits per heavy atom. The largest absolute Gasteiger partial charge is 0.493 e. The maximum absolute atomic E-state index is 11.5. The zero-order chi connectivity index (χ0) is 14.2. The molecule has 6 heteroatoms. The molecular formula is C13H17BrO4S. The highest BCUT2D eigenvalue weighted by Gasteiger charge is 2.27. The van der Waals surface area contributed by atoms with Crippen molar-refractivity contribution in [3.8, 4) is 5.75 Å². The molecule has 0 saturated carbocycles. The fourth-order valence-electron chi connectivity index (χ4n) is 2.17. The third-order valence-electron chi connectivity index (χ3n) is 3.47. The predicted octanol–water partition coefficient (Wildman–Crippen LogP) is 1.72. The molecule has 2 rings (SSSR count). The minimum atomic E-state index is -3.25. The first-order valence-corrected chi connectivity index (χ1v) is 8.85. The molecule has 1 aromatic rings. The van der Waals surface area contributed by atoms with Gasteiger partial charge in [-0.2, -0.15) is 0 Å². The van der Waals surface area contributed by atoms with E-state index in [1.807, 2.05) is 12.1 Å². The van der Waals surface area contributed by atoms with Crippen molar-refractivity contribution < 1.29 is 18.3 Å². The monoisotopic (exact) mass is 348 g/mol. The third kappa shape index (κ3) is 3.30. The summed E-state index contributed by atoms with van der Waals surface area (Å²) >= 11 is 3.43. The van der Waals surface area contributed by atoms with Crippen LogP contribution in [0.25, 0.3) is 0 Å².